The molecule has 0 spiro atoms. The van der Waals surface area contributed by atoms with Crippen LogP contribution < -0.4 is 5.32 Å². The third-order valence-corrected chi connectivity index (χ3v) is 6.59. The molecule has 1 saturated heterocycles. The standard InChI is InChI=1S/C18H19BrN2O5S/c19-14-3-6-17(22)16(11-14)18(23)20-12-13-1-4-15(5-2-13)27(24,25)21-7-9-26-10-8-21/h1-6,11,22H,7-10,12H2,(H,20,23). The Morgan fingerprint density at radius 1 is 1.15 bits per heavy atom. The van der Waals surface area contributed by atoms with Gasteiger partial charge in [-0.25, -0.2) is 8.42 Å². The fraction of sp³-hybridized carbons (Fsp3) is 0.278. The van der Waals surface area contributed by atoms with Gasteiger partial charge in [0.1, 0.15) is 5.75 Å². The second-order valence-corrected chi connectivity index (χ2v) is 8.86. The average Bonchev–Trinajstić information content (AvgIpc) is 2.69. The number of nitrogens with zero attached hydrogens (tertiary/aromatic N) is 1. The predicted molar refractivity (Wildman–Crippen MR) is 103 cm³/mol. The molecule has 144 valence electrons. The van der Waals surface area contributed by atoms with Crippen LogP contribution in [-0.2, 0) is 21.3 Å². The molecule has 0 atom stereocenters. The molecule has 3 rings (SSSR count). The van der Waals surface area contributed by atoms with Crippen LogP contribution in [0, 0.1) is 0 Å². The summed E-state index contributed by atoms with van der Waals surface area (Å²) in [5.74, 6) is -0.526. The van der Waals surface area contributed by atoms with Crippen LogP contribution >= 0.6 is 15.9 Å². The van der Waals surface area contributed by atoms with Crippen LogP contribution in [0.15, 0.2) is 51.8 Å². The maximum atomic E-state index is 12.6. The number of ether oxygens (including phenoxy) is 1. The van der Waals surface area contributed by atoms with Gasteiger partial charge in [-0.05, 0) is 35.9 Å². The van der Waals surface area contributed by atoms with Crippen molar-refractivity contribution in [1.82, 2.24) is 9.62 Å². The zero-order valence-electron chi connectivity index (χ0n) is 14.4. The van der Waals surface area contributed by atoms with E-state index in [1.165, 1.54) is 28.6 Å². The van der Waals surface area contributed by atoms with Gasteiger partial charge in [-0.2, -0.15) is 4.31 Å². The van der Waals surface area contributed by atoms with Gasteiger partial charge in [-0.15, -0.1) is 0 Å². The smallest absolute Gasteiger partial charge is 0.255 e. The second-order valence-electron chi connectivity index (χ2n) is 6.00. The summed E-state index contributed by atoms with van der Waals surface area (Å²) >= 11 is 3.26. The number of amides is 1. The Hall–Kier alpha value is -1.94. The third-order valence-electron chi connectivity index (χ3n) is 4.19. The van der Waals surface area contributed by atoms with E-state index >= 15 is 0 Å². The molecule has 2 aromatic carbocycles. The Bertz CT molecular complexity index is 925. The summed E-state index contributed by atoms with van der Waals surface area (Å²) in [6, 6.07) is 11.0. The van der Waals surface area contributed by atoms with Crippen LogP contribution in [0.5, 0.6) is 5.75 Å². The summed E-state index contributed by atoms with van der Waals surface area (Å²) in [6.45, 7) is 1.69. The van der Waals surface area contributed by atoms with E-state index in [1.807, 2.05) is 0 Å². The SMILES string of the molecule is O=C(NCc1ccc(S(=O)(=O)N2CCOCC2)cc1)c1cc(Br)ccc1O. The summed E-state index contributed by atoms with van der Waals surface area (Å²) in [5, 5.41) is 12.5. The lowest BCUT2D eigenvalue weighted by Gasteiger charge is -2.26. The van der Waals surface area contributed by atoms with E-state index in [0.29, 0.717) is 30.8 Å². The molecule has 0 aromatic heterocycles. The fourth-order valence-corrected chi connectivity index (χ4v) is 4.45. The van der Waals surface area contributed by atoms with Crippen LogP contribution in [0.1, 0.15) is 15.9 Å². The lowest BCUT2D eigenvalue weighted by atomic mass is 10.1. The van der Waals surface area contributed by atoms with Crippen LogP contribution in [-0.4, -0.2) is 50.0 Å². The van der Waals surface area contributed by atoms with E-state index in [9.17, 15) is 18.3 Å². The normalized spacial score (nSPS) is 15.4. The average molecular weight is 455 g/mol. The highest BCUT2D eigenvalue weighted by atomic mass is 79.9. The summed E-state index contributed by atoms with van der Waals surface area (Å²) in [5.41, 5.74) is 0.912. The lowest BCUT2D eigenvalue weighted by Crippen LogP contribution is -2.40. The number of phenols is 1. The van der Waals surface area contributed by atoms with Gasteiger partial charge in [0.05, 0.1) is 23.7 Å². The fourth-order valence-electron chi connectivity index (χ4n) is 2.68. The van der Waals surface area contributed by atoms with Crippen molar-refractivity contribution in [3.05, 3.63) is 58.1 Å². The first-order chi connectivity index (χ1) is 12.9. The molecule has 1 aliphatic rings. The molecular weight excluding hydrogens is 436 g/mol. The van der Waals surface area contributed by atoms with Gasteiger partial charge in [0.15, 0.2) is 0 Å². The van der Waals surface area contributed by atoms with Crippen molar-refractivity contribution in [3.63, 3.8) is 0 Å². The van der Waals surface area contributed by atoms with Crippen molar-refractivity contribution in [2.75, 3.05) is 26.3 Å². The molecule has 1 fully saturated rings. The number of hydrogen-bond acceptors (Lipinski definition) is 5. The van der Waals surface area contributed by atoms with Gasteiger partial charge >= 0.3 is 0 Å². The molecule has 1 aliphatic heterocycles. The largest absolute Gasteiger partial charge is 0.507 e. The summed E-state index contributed by atoms with van der Waals surface area (Å²) in [4.78, 5) is 12.4. The Balaban J connectivity index is 1.65. The Labute approximate surface area is 166 Å². The summed E-state index contributed by atoms with van der Waals surface area (Å²) in [7, 11) is -3.54. The van der Waals surface area contributed by atoms with E-state index < -0.39 is 15.9 Å². The van der Waals surface area contributed by atoms with Crippen LogP contribution in [0.2, 0.25) is 0 Å². The number of rotatable bonds is 5. The van der Waals surface area contributed by atoms with E-state index in [1.54, 1.807) is 18.2 Å². The van der Waals surface area contributed by atoms with Crippen molar-refractivity contribution in [1.29, 1.82) is 0 Å². The molecule has 27 heavy (non-hydrogen) atoms. The number of carbonyl (C=O) groups excluding carboxylic acids is 1. The van der Waals surface area contributed by atoms with Gasteiger partial charge in [0.2, 0.25) is 10.0 Å². The van der Waals surface area contributed by atoms with Gasteiger partial charge in [-0.3, -0.25) is 4.79 Å². The number of halogens is 1. The van der Waals surface area contributed by atoms with Crippen molar-refractivity contribution < 1.29 is 23.1 Å². The monoisotopic (exact) mass is 454 g/mol. The minimum Gasteiger partial charge on any atom is -0.507 e. The third kappa shape index (κ3) is 4.67. The summed E-state index contributed by atoms with van der Waals surface area (Å²) < 4.78 is 32.5. The zero-order valence-corrected chi connectivity index (χ0v) is 16.8. The van der Waals surface area contributed by atoms with Crippen LogP contribution in [0.25, 0.3) is 0 Å². The maximum Gasteiger partial charge on any atom is 0.255 e. The molecule has 1 amide bonds. The number of morpholine rings is 1. The molecule has 1 heterocycles. The van der Waals surface area contributed by atoms with Crippen molar-refractivity contribution in [2.45, 2.75) is 11.4 Å². The van der Waals surface area contributed by atoms with Crippen molar-refractivity contribution in [2.24, 2.45) is 0 Å². The van der Waals surface area contributed by atoms with Gasteiger partial charge < -0.3 is 15.2 Å². The highest BCUT2D eigenvalue weighted by Gasteiger charge is 2.26. The molecule has 2 aromatic rings. The summed E-state index contributed by atoms with van der Waals surface area (Å²) in [6.07, 6.45) is 0. The van der Waals surface area contributed by atoms with E-state index in [4.69, 9.17) is 4.74 Å². The predicted octanol–water partition coefficient (Wildman–Crippen LogP) is 2.11. The van der Waals surface area contributed by atoms with Crippen LogP contribution in [0.4, 0.5) is 0 Å². The second kappa shape index (κ2) is 8.39. The zero-order chi connectivity index (χ0) is 19.4. The molecule has 0 radical (unpaired) electrons. The maximum absolute atomic E-state index is 12.6. The number of benzene rings is 2. The van der Waals surface area contributed by atoms with Crippen molar-refractivity contribution in [3.8, 4) is 5.75 Å². The molecule has 0 unspecified atom stereocenters. The minimum absolute atomic E-state index is 0.109. The van der Waals surface area contributed by atoms with E-state index in [2.05, 4.69) is 21.2 Å². The Morgan fingerprint density at radius 2 is 1.81 bits per heavy atom. The van der Waals surface area contributed by atoms with Gasteiger partial charge in [-0.1, -0.05) is 28.1 Å². The molecule has 7 nitrogen and oxygen atoms in total. The topological polar surface area (TPSA) is 95.9 Å². The van der Waals surface area contributed by atoms with Gasteiger partial charge in [0, 0.05) is 24.1 Å². The number of hydrogen-bond donors (Lipinski definition) is 2. The Kier molecular flexibility index (Phi) is 6.15. The highest BCUT2D eigenvalue weighted by Crippen LogP contribution is 2.22. The number of carbonyl (C=O) groups is 1. The first-order valence-electron chi connectivity index (χ1n) is 8.31. The highest BCUT2D eigenvalue weighted by molar-refractivity contribution is 9.10. The lowest BCUT2D eigenvalue weighted by molar-refractivity contribution is 0.0730. The molecule has 0 bridgehead atoms. The number of sulfonamides is 1. The number of phenolic OH excluding ortho intramolecular Hbond substituents is 1. The molecule has 9 heteroatoms. The van der Waals surface area contributed by atoms with Crippen molar-refractivity contribution >= 4 is 31.9 Å². The quantitative estimate of drug-likeness (QED) is 0.720. The first kappa shape index (κ1) is 19.8. The first-order valence-corrected chi connectivity index (χ1v) is 10.5. The van der Waals surface area contributed by atoms with E-state index in [0.717, 1.165) is 5.56 Å². The molecule has 0 saturated carbocycles. The Morgan fingerprint density at radius 3 is 2.48 bits per heavy atom. The number of aromatic hydroxyl groups is 1. The molecule has 2 N–H and O–H groups in total. The van der Waals surface area contributed by atoms with E-state index in [-0.39, 0.29) is 22.8 Å². The minimum atomic E-state index is -3.54. The molecular formula is C18H19BrN2O5S. The molecule has 0 aliphatic carbocycles. The van der Waals surface area contributed by atoms with Gasteiger partial charge in [0.25, 0.3) is 5.91 Å². The number of nitrogens with one attached hydrogen (secondary N) is 1. The van der Waals surface area contributed by atoms with Crippen LogP contribution in [0.3, 0.4) is 0 Å².